The van der Waals surface area contributed by atoms with E-state index in [1.54, 1.807) is 0 Å². The normalized spacial score (nSPS) is 17.3. The molecule has 122 valence electrons. The number of halogens is 1. The second-order valence-corrected chi connectivity index (χ2v) is 6.46. The van der Waals surface area contributed by atoms with Gasteiger partial charge in [-0.15, -0.1) is 0 Å². The number of aliphatic hydroxyl groups is 1. The Labute approximate surface area is 137 Å². The lowest BCUT2D eigenvalue weighted by molar-refractivity contribution is 0.0798. The second kappa shape index (κ2) is 8.39. The van der Waals surface area contributed by atoms with Crippen LogP contribution in [0.3, 0.4) is 0 Å². The molecule has 0 radical (unpaired) electrons. The summed E-state index contributed by atoms with van der Waals surface area (Å²) >= 11 is 5.85. The fourth-order valence-electron chi connectivity index (χ4n) is 2.84. The maximum atomic E-state index is 12.1. The molecule has 0 aliphatic carbocycles. The lowest BCUT2D eigenvalue weighted by atomic mass is 9.92. The Balaban J connectivity index is 1.63. The molecule has 1 unspecified atom stereocenters. The monoisotopic (exact) mass is 324 g/mol. The molecule has 1 fully saturated rings. The van der Waals surface area contributed by atoms with E-state index in [2.05, 4.69) is 5.32 Å². The molecule has 4 nitrogen and oxygen atoms in total. The first kappa shape index (κ1) is 17.1. The van der Waals surface area contributed by atoms with Crippen molar-refractivity contribution in [1.82, 2.24) is 10.2 Å². The lowest BCUT2D eigenvalue weighted by Crippen LogP contribution is -2.46. The molecule has 1 aromatic carbocycles. The quantitative estimate of drug-likeness (QED) is 0.818. The van der Waals surface area contributed by atoms with Crippen molar-refractivity contribution in [2.24, 2.45) is 5.92 Å². The van der Waals surface area contributed by atoms with Gasteiger partial charge in [0.2, 0.25) is 0 Å². The summed E-state index contributed by atoms with van der Waals surface area (Å²) in [5, 5.41) is 13.3. The van der Waals surface area contributed by atoms with E-state index in [4.69, 9.17) is 11.6 Å². The fourth-order valence-corrected chi connectivity index (χ4v) is 2.96. The zero-order valence-electron chi connectivity index (χ0n) is 13.1. The van der Waals surface area contributed by atoms with Crippen LogP contribution in [0.25, 0.3) is 0 Å². The van der Waals surface area contributed by atoms with Gasteiger partial charge in [-0.1, -0.05) is 23.7 Å². The molecule has 0 spiro atoms. The molecule has 1 heterocycles. The summed E-state index contributed by atoms with van der Waals surface area (Å²) in [4.78, 5) is 13.9. The van der Waals surface area contributed by atoms with Gasteiger partial charge in [0.1, 0.15) is 0 Å². The molecule has 1 aromatic rings. The number of benzene rings is 1. The average molecular weight is 325 g/mol. The van der Waals surface area contributed by atoms with Gasteiger partial charge in [0.25, 0.3) is 0 Å². The number of nitrogens with one attached hydrogen (secondary N) is 1. The molecule has 1 aliphatic rings. The van der Waals surface area contributed by atoms with E-state index < -0.39 is 0 Å². The topological polar surface area (TPSA) is 52.6 Å². The van der Waals surface area contributed by atoms with Gasteiger partial charge >= 0.3 is 6.03 Å². The first-order valence-corrected chi connectivity index (χ1v) is 8.39. The van der Waals surface area contributed by atoms with Crippen LogP contribution in [-0.2, 0) is 6.42 Å². The van der Waals surface area contributed by atoms with E-state index in [0.717, 1.165) is 43.8 Å². The van der Waals surface area contributed by atoms with Crippen molar-refractivity contribution in [1.29, 1.82) is 0 Å². The molecule has 1 saturated heterocycles. The van der Waals surface area contributed by atoms with Crippen LogP contribution in [0, 0.1) is 5.92 Å². The zero-order valence-corrected chi connectivity index (χ0v) is 13.9. The molecule has 22 heavy (non-hydrogen) atoms. The average Bonchev–Trinajstić information content (AvgIpc) is 2.53. The number of aliphatic hydroxyl groups excluding tert-OH is 1. The number of piperidine rings is 1. The number of urea groups is 1. The van der Waals surface area contributed by atoms with Gasteiger partial charge in [0, 0.05) is 24.7 Å². The van der Waals surface area contributed by atoms with Crippen LogP contribution in [0.15, 0.2) is 24.3 Å². The highest BCUT2D eigenvalue weighted by molar-refractivity contribution is 6.30. The van der Waals surface area contributed by atoms with Crippen molar-refractivity contribution in [3.8, 4) is 0 Å². The summed E-state index contributed by atoms with van der Waals surface area (Å²) in [5.74, 6) is 0.328. The highest BCUT2D eigenvalue weighted by Crippen LogP contribution is 2.20. The van der Waals surface area contributed by atoms with Gasteiger partial charge in [0.15, 0.2) is 0 Å². The third-order valence-corrected chi connectivity index (χ3v) is 4.59. The fraction of sp³-hybridized carbons (Fsp3) is 0.588. The molecule has 1 aliphatic heterocycles. The highest BCUT2D eigenvalue weighted by atomic mass is 35.5. The van der Waals surface area contributed by atoms with Crippen LogP contribution in [-0.4, -0.2) is 41.8 Å². The Hall–Kier alpha value is -1.26. The predicted octanol–water partition coefficient (Wildman–Crippen LogP) is 3.08. The number of hydrogen-bond donors (Lipinski definition) is 2. The molecule has 2 amide bonds. The standard InChI is InChI=1S/C17H25ClN2O2/c1-13(21)15-8-11-20(12-9-15)17(22)19-10-2-3-14-4-6-16(18)7-5-14/h4-7,13,15,21H,2-3,8-12H2,1H3,(H,19,22). The summed E-state index contributed by atoms with van der Waals surface area (Å²) in [6.07, 6.45) is 3.34. The third kappa shape index (κ3) is 5.18. The van der Waals surface area contributed by atoms with Crippen molar-refractivity contribution in [2.75, 3.05) is 19.6 Å². The summed E-state index contributed by atoms with van der Waals surface area (Å²) in [7, 11) is 0. The van der Waals surface area contributed by atoms with Gasteiger partial charge in [-0.2, -0.15) is 0 Å². The van der Waals surface area contributed by atoms with Crippen LogP contribution in [0.4, 0.5) is 4.79 Å². The zero-order chi connectivity index (χ0) is 15.9. The Morgan fingerprint density at radius 1 is 1.36 bits per heavy atom. The third-order valence-electron chi connectivity index (χ3n) is 4.34. The number of carbonyl (C=O) groups excluding carboxylic acids is 1. The lowest BCUT2D eigenvalue weighted by Gasteiger charge is -2.33. The molecule has 5 heteroatoms. The summed E-state index contributed by atoms with van der Waals surface area (Å²) in [6.45, 7) is 3.98. The number of likely N-dealkylation sites (tertiary alicyclic amines) is 1. The van der Waals surface area contributed by atoms with Crippen LogP contribution >= 0.6 is 11.6 Å². The smallest absolute Gasteiger partial charge is 0.317 e. The Kier molecular flexibility index (Phi) is 6.52. The van der Waals surface area contributed by atoms with Crippen molar-refractivity contribution < 1.29 is 9.90 Å². The predicted molar refractivity (Wildman–Crippen MR) is 89.1 cm³/mol. The van der Waals surface area contributed by atoms with E-state index >= 15 is 0 Å². The van der Waals surface area contributed by atoms with Crippen LogP contribution < -0.4 is 5.32 Å². The van der Waals surface area contributed by atoms with Gasteiger partial charge in [-0.3, -0.25) is 0 Å². The Morgan fingerprint density at radius 2 is 2.00 bits per heavy atom. The number of rotatable bonds is 5. The Bertz CT molecular complexity index is 468. The molecule has 2 rings (SSSR count). The summed E-state index contributed by atoms with van der Waals surface area (Å²) in [5.41, 5.74) is 1.23. The molecule has 0 bridgehead atoms. The molecule has 2 N–H and O–H groups in total. The number of nitrogens with zero attached hydrogens (tertiary/aromatic N) is 1. The SMILES string of the molecule is CC(O)C1CCN(C(=O)NCCCc2ccc(Cl)cc2)CC1. The van der Waals surface area contributed by atoms with Crippen LogP contribution in [0.1, 0.15) is 31.7 Å². The van der Waals surface area contributed by atoms with Crippen molar-refractivity contribution in [2.45, 2.75) is 38.7 Å². The maximum Gasteiger partial charge on any atom is 0.317 e. The Morgan fingerprint density at radius 3 is 2.59 bits per heavy atom. The second-order valence-electron chi connectivity index (χ2n) is 6.03. The van der Waals surface area contributed by atoms with E-state index in [0.29, 0.717) is 12.5 Å². The van der Waals surface area contributed by atoms with E-state index in [1.165, 1.54) is 5.56 Å². The summed E-state index contributed by atoms with van der Waals surface area (Å²) < 4.78 is 0. The minimum Gasteiger partial charge on any atom is -0.393 e. The molecule has 0 saturated carbocycles. The minimum atomic E-state index is -0.274. The van der Waals surface area contributed by atoms with Crippen LogP contribution in [0.5, 0.6) is 0 Å². The number of hydrogen-bond acceptors (Lipinski definition) is 2. The number of amides is 2. The summed E-state index contributed by atoms with van der Waals surface area (Å²) in [6, 6.07) is 7.83. The van der Waals surface area contributed by atoms with Crippen molar-refractivity contribution in [3.05, 3.63) is 34.9 Å². The van der Waals surface area contributed by atoms with E-state index in [-0.39, 0.29) is 12.1 Å². The van der Waals surface area contributed by atoms with Crippen molar-refractivity contribution in [3.63, 3.8) is 0 Å². The molecular weight excluding hydrogens is 300 g/mol. The van der Waals surface area contributed by atoms with Crippen molar-refractivity contribution >= 4 is 17.6 Å². The molecular formula is C17H25ClN2O2. The minimum absolute atomic E-state index is 0.0140. The molecule has 1 atom stereocenters. The van der Waals surface area contributed by atoms with Gasteiger partial charge < -0.3 is 15.3 Å². The largest absolute Gasteiger partial charge is 0.393 e. The number of carbonyl (C=O) groups is 1. The number of aryl methyl sites for hydroxylation is 1. The van der Waals surface area contributed by atoms with Crippen LogP contribution in [0.2, 0.25) is 5.02 Å². The first-order chi connectivity index (χ1) is 10.6. The maximum absolute atomic E-state index is 12.1. The van der Waals surface area contributed by atoms with E-state index in [9.17, 15) is 9.90 Å². The van der Waals surface area contributed by atoms with Gasteiger partial charge in [-0.25, -0.2) is 4.79 Å². The van der Waals surface area contributed by atoms with Gasteiger partial charge in [0.05, 0.1) is 6.10 Å². The van der Waals surface area contributed by atoms with E-state index in [1.807, 2.05) is 36.1 Å². The highest BCUT2D eigenvalue weighted by Gasteiger charge is 2.24. The molecule has 0 aromatic heterocycles. The van der Waals surface area contributed by atoms with Gasteiger partial charge in [-0.05, 0) is 56.2 Å². The first-order valence-electron chi connectivity index (χ1n) is 8.01.